The quantitative estimate of drug-likeness (QED) is 0.175. The zero-order valence-corrected chi connectivity index (χ0v) is 28.3. The molecule has 1 saturated heterocycles. The van der Waals surface area contributed by atoms with Crippen LogP contribution in [0.15, 0.2) is 77.5 Å². The molecule has 3 aromatic carbocycles. The van der Waals surface area contributed by atoms with Crippen LogP contribution in [0.1, 0.15) is 62.5 Å². The molecule has 1 fully saturated rings. The van der Waals surface area contributed by atoms with Crippen molar-refractivity contribution in [1.82, 2.24) is 24.9 Å². The van der Waals surface area contributed by atoms with Crippen molar-refractivity contribution in [2.75, 3.05) is 23.7 Å². The number of pyridine rings is 1. The minimum absolute atomic E-state index is 0.153. The maximum atomic E-state index is 9.96. The first kappa shape index (κ1) is 31.3. The van der Waals surface area contributed by atoms with E-state index in [-0.39, 0.29) is 17.6 Å². The number of anilines is 3. The monoisotopic (exact) mass is 702 g/mol. The molecule has 1 atom stereocenters. The van der Waals surface area contributed by atoms with Crippen molar-refractivity contribution in [3.63, 3.8) is 0 Å². The van der Waals surface area contributed by atoms with Crippen molar-refractivity contribution in [3.8, 4) is 6.07 Å². The fraction of sp³-hybridized carbons (Fsp3) is 0.294. The van der Waals surface area contributed by atoms with E-state index in [1.54, 1.807) is 6.20 Å². The van der Waals surface area contributed by atoms with E-state index in [4.69, 9.17) is 23.2 Å². The third kappa shape index (κ3) is 6.95. The van der Waals surface area contributed by atoms with Crippen molar-refractivity contribution in [1.29, 1.82) is 5.26 Å². The lowest BCUT2D eigenvalue weighted by atomic mass is 9.98. The summed E-state index contributed by atoms with van der Waals surface area (Å²) in [6, 6.07) is 21.5. The highest BCUT2D eigenvalue weighted by Crippen LogP contribution is 2.37. The summed E-state index contributed by atoms with van der Waals surface area (Å²) in [7, 11) is 0. The van der Waals surface area contributed by atoms with Crippen LogP contribution in [0, 0.1) is 11.3 Å². The Hall–Kier alpha value is -3.68. The first-order chi connectivity index (χ1) is 21.6. The molecule has 2 N–H and O–H groups in total. The summed E-state index contributed by atoms with van der Waals surface area (Å²) in [6.07, 6.45) is 5.62. The first-order valence-corrected chi connectivity index (χ1v) is 16.4. The number of nitrogens with one attached hydrogen (secondary N) is 2. The van der Waals surface area contributed by atoms with E-state index in [1.807, 2.05) is 71.5 Å². The minimum atomic E-state index is -0.340. The van der Waals surface area contributed by atoms with Gasteiger partial charge < -0.3 is 10.6 Å². The van der Waals surface area contributed by atoms with Gasteiger partial charge in [-0.3, -0.25) is 9.88 Å². The molecule has 0 aliphatic carbocycles. The van der Waals surface area contributed by atoms with Gasteiger partial charge in [-0.15, -0.1) is 5.10 Å². The predicted molar refractivity (Wildman–Crippen MR) is 185 cm³/mol. The van der Waals surface area contributed by atoms with Gasteiger partial charge in [-0.2, -0.15) is 5.26 Å². The third-order valence-electron chi connectivity index (χ3n) is 8.26. The van der Waals surface area contributed by atoms with Crippen LogP contribution in [0.25, 0.3) is 10.9 Å². The summed E-state index contributed by atoms with van der Waals surface area (Å²) in [5, 5.41) is 28.1. The van der Waals surface area contributed by atoms with Gasteiger partial charge in [0.25, 0.3) is 0 Å². The molecule has 0 saturated carbocycles. The van der Waals surface area contributed by atoms with Crippen LogP contribution in [0.3, 0.4) is 0 Å². The van der Waals surface area contributed by atoms with E-state index in [0.29, 0.717) is 32.2 Å². The Kier molecular flexibility index (Phi) is 9.03. The van der Waals surface area contributed by atoms with Gasteiger partial charge in [0.15, 0.2) is 0 Å². The number of halogens is 3. The van der Waals surface area contributed by atoms with E-state index in [9.17, 15) is 5.26 Å². The SMILES string of the molecule is CC(C)(C)N1CCC(n2cc([C@@H](Nc3cc(Cl)c4ncc(C#N)c(Nc5cccc(Br)c5)c4c3)c3ccc(Cl)cc3)nn2)CC1. The summed E-state index contributed by atoms with van der Waals surface area (Å²) in [5.41, 5.74) is 5.10. The molecule has 3 heterocycles. The second kappa shape index (κ2) is 13.0. The van der Waals surface area contributed by atoms with Gasteiger partial charge in [-0.05, 0) is 81.6 Å². The van der Waals surface area contributed by atoms with Crippen LogP contribution >= 0.6 is 39.1 Å². The second-order valence-electron chi connectivity index (χ2n) is 12.3. The molecule has 0 unspecified atom stereocenters. The van der Waals surface area contributed by atoms with Crippen LogP contribution < -0.4 is 10.6 Å². The molecule has 5 aromatic rings. The number of aromatic nitrogens is 4. The van der Waals surface area contributed by atoms with Gasteiger partial charge in [0.05, 0.1) is 40.1 Å². The van der Waals surface area contributed by atoms with Crippen LogP contribution in [0.2, 0.25) is 10.0 Å². The lowest BCUT2D eigenvalue weighted by Gasteiger charge is -2.40. The number of nitriles is 1. The zero-order valence-electron chi connectivity index (χ0n) is 25.2. The lowest BCUT2D eigenvalue weighted by Crippen LogP contribution is -2.46. The normalized spacial score (nSPS) is 15.1. The van der Waals surface area contributed by atoms with Crippen molar-refractivity contribution in [2.45, 2.75) is 51.2 Å². The molecule has 230 valence electrons. The second-order valence-corrected chi connectivity index (χ2v) is 14.0. The highest BCUT2D eigenvalue weighted by molar-refractivity contribution is 9.10. The van der Waals surface area contributed by atoms with Crippen LogP contribution in [-0.4, -0.2) is 43.5 Å². The Morgan fingerprint density at radius 1 is 1.02 bits per heavy atom. The molecule has 45 heavy (non-hydrogen) atoms. The smallest absolute Gasteiger partial charge is 0.109 e. The largest absolute Gasteiger partial charge is 0.373 e. The summed E-state index contributed by atoms with van der Waals surface area (Å²) < 4.78 is 2.93. The average molecular weight is 705 g/mol. The fourth-order valence-corrected chi connectivity index (χ4v) is 6.62. The highest BCUT2D eigenvalue weighted by atomic mass is 79.9. The van der Waals surface area contributed by atoms with Crippen molar-refractivity contribution < 1.29 is 0 Å². The summed E-state index contributed by atoms with van der Waals surface area (Å²) in [5.74, 6) is 0. The molecule has 0 spiro atoms. The maximum absolute atomic E-state index is 9.96. The number of hydrogen-bond acceptors (Lipinski definition) is 7. The summed E-state index contributed by atoms with van der Waals surface area (Å²) in [4.78, 5) is 7.04. The number of likely N-dealkylation sites (tertiary alicyclic amines) is 1. The first-order valence-electron chi connectivity index (χ1n) is 14.8. The van der Waals surface area contributed by atoms with Crippen molar-refractivity contribution in [3.05, 3.63) is 104 Å². The molecule has 6 rings (SSSR count). The molecule has 8 nitrogen and oxygen atoms in total. The number of benzene rings is 3. The lowest BCUT2D eigenvalue weighted by molar-refractivity contribution is 0.0866. The van der Waals surface area contributed by atoms with Gasteiger partial charge >= 0.3 is 0 Å². The Balaban J connectivity index is 1.36. The molecule has 11 heteroatoms. The molecule has 0 radical (unpaired) electrons. The molecule has 2 aromatic heterocycles. The van der Waals surface area contributed by atoms with E-state index in [2.05, 4.69) is 73.6 Å². The van der Waals surface area contributed by atoms with Crippen LogP contribution in [-0.2, 0) is 0 Å². The van der Waals surface area contributed by atoms with E-state index >= 15 is 0 Å². The molecular weight excluding hydrogens is 671 g/mol. The number of piperidine rings is 1. The van der Waals surface area contributed by atoms with Crippen molar-refractivity contribution in [2.24, 2.45) is 0 Å². The van der Waals surface area contributed by atoms with Crippen LogP contribution in [0.4, 0.5) is 17.1 Å². The maximum Gasteiger partial charge on any atom is 0.109 e. The third-order valence-corrected chi connectivity index (χ3v) is 9.30. The summed E-state index contributed by atoms with van der Waals surface area (Å²) >= 11 is 16.6. The Morgan fingerprint density at radius 2 is 1.78 bits per heavy atom. The molecule has 0 bridgehead atoms. The van der Waals surface area contributed by atoms with Crippen molar-refractivity contribution >= 4 is 67.1 Å². The summed E-state index contributed by atoms with van der Waals surface area (Å²) in [6.45, 7) is 8.83. The van der Waals surface area contributed by atoms with Gasteiger partial charge in [0, 0.05) is 51.1 Å². The molecule has 1 aliphatic rings. The molecule has 0 amide bonds. The zero-order chi connectivity index (χ0) is 31.7. The average Bonchev–Trinajstić information content (AvgIpc) is 3.51. The van der Waals surface area contributed by atoms with Gasteiger partial charge in [-0.1, -0.05) is 62.5 Å². The van der Waals surface area contributed by atoms with Crippen LogP contribution in [0.5, 0.6) is 0 Å². The standard InChI is InChI=1S/C34H33BrCl2N8/c1-34(2,3)44-13-11-27(12-14-44)45-20-30(42-43-45)32(21-7-9-24(36)10-8-21)41-26-16-28-31(40-25-6-4-5-23(35)15-25)22(18-38)19-39-33(28)29(37)17-26/h4-10,15-17,19-20,27,32,41H,11-14H2,1-3H3,(H,39,40)/t32-/m0/s1. The Morgan fingerprint density at radius 3 is 2.47 bits per heavy atom. The topological polar surface area (TPSA) is 94.7 Å². The van der Waals surface area contributed by atoms with Gasteiger partial charge in [0.2, 0.25) is 0 Å². The minimum Gasteiger partial charge on any atom is -0.373 e. The molecule has 1 aliphatic heterocycles. The van der Waals surface area contributed by atoms with E-state index in [1.165, 1.54) is 0 Å². The number of nitrogens with zero attached hydrogens (tertiary/aromatic N) is 6. The number of fused-ring (bicyclic) bond motifs is 1. The van der Waals surface area contributed by atoms with E-state index in [0.717, 1.165) is 53.0 Å². The predicted octanol–water partition coefficient (Wildman–Crippen LogP) is 9.15. The Labute approximate surface area is 281 Å². The van der Waals surface area contributed by atoms with E-state index < -0.39 is 0 Å². The number of rotatable bonds is 7. The highest BCUT2D eigenvalue weighted by Gasteiger charge is 2.29. The Bertz CT molecular complexity index is 1870. The number of hydrogen-bond donors (Lipinski definition) is 2. The fourth-order valence-electron chi connectivity index (χ4n) is 5.83. The van der Waals surface area contributed by atoms with Gasteiger partial charge in [-0.25, -0.2) is 4.68 Å². The molecular formula is C34H33BrCl2N8. The van der Waals surface area contributed by atoms with Gasteiger partial charge in [0.1, 0.15) is 11.8 Å².